The maximum absolute atomic E-state index is 5.99. The van der Waals surface area contributed by atoms with Crippen LogP contribution < -0.4 is 15.4 Å². The van der Waals surface area contributed by atoms with E-state index in [1.807, 2.05) is 6.07 Å². The summed E-state index contributed by atoms with van der Waals surface area (Å²) in [5.41, 5.74) is 7.59. The van der Waals surface area contributed by atoms with Gasteiger partial charge in [0.05, 0.1) is 12.3 Å². The number of rotatable bonds is 3. The molecule has 0 saturated heterocycles. The quantitative estimate of drug-likeness (QED) is 0.890. The summed E-state index contributed by atoms with van der Waals surface area (Å²) in [4.78, 5) is 2.48. The number of fused-ring (bicyclic) bond motifs is 1. The molecule has 1 heterocycles. The standard InChI is InChI=1S/C15H22N2O/c16-11-15(7-3-8-15)12-17-9-4-10-18-14-6-2-1-5-13(14)17/h1-2,5-6H,3-4,7-12,16H2. The van der Waals surface area contributed by atoms with Crippen LogP contribution in [0.2, 0.25) is 0 Å². The number of hydrogen-bond donors (Lipinski definition) is 1. The van der Waals surface area contributed by atoms with E-state index in [1.165, 1.54) is 24.9 Å². The zero-order valence-electron chi connectivity index (χ0n) is 10.9. The molecule has 1 fully saturated rings. The Morgan fingerprint density at radius 1 is 1.22 bits per heavy atom. The maximum Gasteiger partial charge on any atom is 0.142 e. The number of nitrogens with zero attached hydrogens (tertiary/aromatic N) is 1. The van der Waals surface area contributed by atoms with Gasteiger partial charge in [0, 0.05) is 18.5 Å². The smallest absolute Gasteiger partial charge is 0.142 e. The summed E-state index contributed by atoms with van der Waals surface area (Å²) in [5.74, 6) is 1.03. The predicted octanol–water partition coefficient (Wildman–Crippen LogP) is 2.40. The number of hydrogen-bond acceptors (Lipinski definition) is 3. The van der Waals surface area contributed by atoms with Crippen molar-refractivity contribution in [2.45, 2.75) is 25.7 Å². The summed E-state index contributed by atoms with van der Waals surface area (Å²) >= 11 is 0. The molecule has 0 atom stereocenters. The van der Waals surface area contributed by atoms with Gasteiger partial charge in [0.2, 0.25) is 0 Å². The third-order valence-electron chi connectivity index (χ3n) is 4.41. The second-order valence-corrected chi connectivity index (χ2v) is 5.65. The fourth-order valence-corrected chi connectivity index (χ4v) is 3.07. The molecular weight excluding hydrogens is 224 g/mol. The van der Waals surface area contributed by atoms with Gasteiger partial charge in [-0.2, -0.15) is 0 Å². The molecule has 0 aromatic heterocycles. The summed E-state index contributed by atoms with van der Waals surface area (Å²) in [5, 5.41) is 0. The molecule has 3 nitrogen and oxygen atoms in total. The van der Waals surface area contributed by atoms with Gasteiger partial charge in [0.15, 0.2) is 0 Å². The Kier molecular flexibility index (Phi) is 3.16. The molecule has 3 heteroatoms. The minimum Gasteiger partial charge on any atom is -0.491 e. The first-order valence-corrected chi connectivity index (χ1v) is 7.00. The zero-order valence-corrected chi connectivity index (χ0v) is 10.9. The van der Waals surface area contributed by atoms with E-state index in [1.54, 1.807) is 0 Å². The van der Waals surface area contributed by atoms with Crippen LogP contribution >= 0.6 is 0 Å². The molecule has 0 unspecified atom stereocenters. The molecule has 3 rings (SSSR count). The van der Waals surface area contributed by atoms with Crippen molar-refractivity contribution in [3.63, 3.8) is 0 Å². The summed E-state index contributed by atoms with van der Waals surface area (Å²) in [6.45, 7) is 3.80. The first kappa shape index (κ1) is 11.8. The highest BCUT2D eigenvalue weighted by molar-refractivity contribution is 5.59. The van der Waals surface area contributed by atoms with Gasteiger partial charge in [-0.1, -0.05) is 18.6 Å². The topological polar surface area (TPSA) is 38.5 Å². The van der Waals surface area contributed by atoms with Crippen molar-refractivity contribution in [3.05, 3.63) is 24.3 Å². The highest BCUT2D eigenvalue weighted by Gasteiger charge is 2.37. The van der Waals surface area contributed by atoms with E-state index in [2.05, 4.69) is 23.1 Å². The largest absolute Gasteiger partial charge is 0.491 e. The summed E-state index contributed by atoms with van der Waals surface area (Å²) < 4.78 is 5.81. The Morgan fingerprint density at radius 3 is 2.78 bits per heavy atom. The molecule has 0 amide bonds. The van der Waals surface area contributed by atoms with E-state index >= 15 is 0 Å². The summed E-state index contributed by atoms with van der Waals surface area (Å²) in [6, 6.07) is 8.38. The molecule has 98 valence electrons. The zero-order chi connectivity index (χ0) is 12.4. The van der Waals surface area contributed by atoms with Gasteiger partial charge >= 0.3 is 0 Å². The number of benzene rings is 1. The molecule has 0 spiro atoms. The summed E-state index contributed by atoms with van der Waals surface area (Å²) in [7, 11) is 0. The van der Waals surface area contributed by atoms with Gasteiger partial charge in [0.1, 0.15) is 5.75 Å². The van der Waals surface area contributed by atoms with Gasteiger partial charge in [-0.15, -0.1) is 0 Å². The van der Waals surface area contributed by atoms with Crippen LogP contribution in [0.15, 0.2) is 24.3 Å². The number of ether oxygens (including phenoxy) is 1. The lowest BCUT2D eigenvalue weighted by Gasteiger charge is -2.44. The van der Waals surface area contributed by atoms with Crippen molar-refractivity contribution < 1.29 is 4.74 Å². The van der Waals surface area contributed by atoms with Crippen molar-refractivity contribution in [1.29, 1.82) is 0 Å². The van der Waals surface area contributed by atoms with Crippen LogP contribution in [0.1, 0.15) is 25.7 Å². The molecule has 1 aliphatic carbocycles. The highest BCUT2D eigenvalue weighted by atomic mass is 16.5. The average molecular weight is 246 g/mol. The number of para-hydroxylation sites is 2. The normalized spacial score (nSPS) is 21.5. The number of nitrogens with two attached hydrogens (primary N) is 1. The van der Waals surface area contributed by atoms with Gasteiger partial charge in [-0.3, -0.25) is 0 Å². The van der Waals surface area contributed by atoms with Crippen LogP contribution in [0.3, 0.4) is 0 Å². The van der Waals surface area contributed by atoms with Crippen LogP contribution in [0.25, 0.3) is 0 Å². The van der Waals surface area contributed by atoms with Crippen LogP contribution in [0.4, 0.5) is 5.69 Å². The Labute approximate surface area is 109 Å². The fourth-order valence-electron chi connectivity index (χ4n) is 3.07. The molecular formula is C15H22N2O. The molecule has 0 radical (unpaired) electrons. The molecule has 2 N–H and O–H groups in total. The van der Waals surface area contributed by atoms with E-state index in [0.717, 1.165) is 38.4 Å². The molecule has 18 heavy (non-hydrogen) atoms. The van der Waals surface area contributed by atoms with Crippen molar-refractivity contribution >= 4 is 5.69 Å². The van der Waals surface area contributed by atoms with Gasteiger partial charge in [-0.25, -0.2) is 0 Å². The highest BCUT2D eigenvalue weighted by Crippen LogP contribution is 2.42. The third-order valence-corrected chi connectivity index (χ3v) is 4.41. The van der Waals surface area contributed by atoms with E-state index in [0.29, 0.717) is 5.41 Å². The lowest BCUT2D eigenvalue weighted by Crippen LogP contribution is -2.47. The van der Waals surface area contributed by atoms with Crippen molar-refractivity contribution in [2.24, 2.45) is 11.1 Å². The molecule has 1 saturated carbocycles. The minimum absolute atomic E-state index is 0.359. The van der Waals surface area contributed by atoms with E-state index in [4.69, 9.17) is 10.5 Å². The Hall–Kier alpha value is -1.22. The Bertz CT molecular complexity index is 409. The lowest BCUT2D eigenvalue weighted by atomic mass is 9.68. The molecule has 1 aromatic carbocycles. The maximum atomic E-state index is 5.99. The molecule has 1 aromatic rings. The van der Waals surface area contributed by atoms with Crippen molar-refractivity contribution in [3.8, 4) is 5.75 Å². The van der Waals surface area contributed by atoms with Crippen LogP contribution in [-0.4, -0.2) is 26.2 Å². The van der Waals surface area contributed by atoms with Crippen LogP contribution in [0.5, 0.6) is 5.75 Å². The van der Waals surface area contributed by atoms with E-state index in [9.17, 15) is 0 Å². The first-order valence-electron chi connectivity index (χ1n) is 7.00. The third kappa shape index (κ3) is 2.07. The lowest BCUT2D eigenvalue weighted by molar-refractivity contribution is 0.152. The molecule has 1 aliphatic heterocycles. The van der Waals surface area contributed by atoms with E-state index in [-0.39, 0.29) is 0 Å². The number of anilines is 1. The average Bonchev–Trinajstić information content (AvgIpc) is 2.56. The van der Waals surface area contributed by atoms with Gasteiger partial charge < -0.3 is 15.4 Å². The van der Waals surface area contributed by atoms with Crippen molar-refractivity contribution in [2.75, 3.05) is 31.1 Å². The molecule has 2 aliphatic rings. The molecule has 0 bridgehead atoms. The predicted molar refractivity (Wildman–Crippen MR) is 74.1 cm³/mol. The van der Waals surface area contributed by atoms with Crippen LogP contribution in [0, 0.1) is 5.41 Å². The Morgan fingerprint density at radius 2 is 2.06 bits per heavy atom. The monoisotopic (exact) mass is 246 g/mol. The SMILES string of the molecule is NCC1(CN2CCCOc3ccccc32)CCC1. The second kappa shape index (κ2) is 4.81. The summed E-state index contributed by atoms with van der Waals surface area (Å²) in [6.07, 6.45) is 4.99. The van der Waals surface area contributed by atoms with Gasteiger partial charge in [-0.05, 0) is 37.9 Å². The van der Waals surface area contributed by atoms with Gasteiger partial charge in [0.25, 0.3) is 0 Å². The van der Waals surface area contributed by atoms with Crippen molar-refractivity contribution in [1.82, 2.24) is 0 Å². The Balaban J connectivity index is 1.83. The fraction of sp³-hybridized carbons (Fsp3) is 0.600. The van der Waals surface area contributed by atoms with Crippen LogP contribution in [-0.2, 0) is 0 Å². The first-order chi connectivity index (χ1) is 8.83. The minimum atomic E-state index is 0.359. The van der Waals surface area contributed by atoms with E-state index < -0.39 is 0 Å². The second-order valence-electron chi connectivity index (χ2n) is 5.65.